The molecule has 0 heterocycles. The Balaban J connectivity index is 1.17. The standard InChI is InChI=1S/C38H54FN3O7/c1-5-31(41-42-33(46)15-11-12-27(44)23-40-34(47)49-28-13-9-7-6-8-10-14-28)38(48)24(2)20-30-29-17-16-25-21-26(43)18-19-35(25,3)37(29,39)32(45)22-36(30,38)4/h9,13,18-19,21,24,28-30,32,45,48H,5-8,10-12,14-17,20,22-23H2,1-4H3,(H,40,47)(H,42,46)/b13-9+,41-31-/t24-,28?,29?,30?,32+,35+,36+,37+,38+/m1/s1. The van der Waals surface area contributed by atoms with Crippen LogP contribution in [0, 0.1) is 28.6 Å². The normalized spacial score (nSPS) is 39.3. The van der Waals surface area contributed by atoms with Crippen LogP contribution in [0.25, 0.3) is 0 Å². The topological polar surface area (TPSA) is 154 Å². The van der Waals surface area contributed by atoms with Gasteiger partial charge in [0.2, 0.25) is 5.91 Å². The Bertz CT molecular complexity index is 1440. The van der Waals surface area contributed by atoms with E-state index < -0.39 is 46.1 Å². The molecule has 11 heteroatoms. The van der Waals surface area contributed by atoms with Crippen LogP contribution in [0.4, 0.5) is 9.18 Å². The average Bonchev–Trinajstić information content (AvgIpc) is 3.23. The Morgan fingerprint density at radius 2 is 1.90 bits per heavy atom. The van der Waals surface area contributed by atoms with Gasteiger partial charge < -0.3 is 20.3 Å². The number of nitrogens with zero attached hydrogens (tertiary/aromatic N) is 1. The molecule has 0 spiro atoms. The highest BCUT2D eigenvalue weighted by molar-refractivity contribution is 6.01. The molecule has 49 heavy (non-hydrogen) atoms. The molecular weight excluding hydrogens is 629 g/mol. The van der Waals surface area contributed by atoms with Crippen molar-refractivity contribution < 1.29 is 38.5 Å². The number of carbonyl (C=O) groups is 4. The maximum absolute atomic E-state index is 17.5. The summed E-state index contributed by atoms with van der Waals surface area (Å²) in [6.07, 6.45) is 13.3. The molecule has 0 aromatic rings. The molecule has 3 saturated carbocycles. The summed E-state index contributed by atoms with van der Waals surface area (Å²) in [6, 6.07) is 0. The fraction of sp³-hybridized carbons (Fsp3) is 0.711. The Labute approximate surface area is 289 Å². The summed E-state index contributed by atoms with van der Waals surface area (Å²) in [5, 5.41) is 31.1. The van der Waals surface area contributed by atoms with Gasteiger partial charge in [-0.3, -0.25) is 14.4 Å². The highest BCUT2D eigenvalue weighted by atomic mass is 19.1. The molecule has 0 aromatic carbocycles. The molecule has 5 rings (SSSR count). The van der Waals surface area contributed by atoms with Crippen LogP contribution in [-0.2, 0) is 19.1 Å². The van der Waals surface area contributed by atoms with E-state index >= 15 is 4.39 Å². The summed E-state index contributed by atoms with van der Waals surface area (Å²) in [5.74, 6) is -1.93. The number of allylic oxidation sites excluding steroid dienone is 5. The first-order valence-electron chi connectivity index (χ1n) is 18.2. The van der Waals surface area contributed by atoms with Crippen molar-refractivity contribution in [1.29, 1.82) is 0 Å². The molecule has 0 aromatic heterocycles. The van der Waals surface area contributed by atoms with Crippen molar-refractivity contribution in [2.24, 2.45) is 33.7 Å². The largest absolute Gasteiger partial charge is 0.442 e. The number of nitrogens with one attached hydrogen (secondary N) is 2. The summed E-state index contributed by atoms with van der Waals surface area (Å²) in [5.41, 5.74) is -1.88. The van der Waals surface area contributed by atoms with Crippen molar-refractivity contribution in [1.82, 2.24) is 10.7 Å². The van der Waals surface area contributed by atoms with Crippen molar-refractivity contribution in [2.75, 3.05) is 6.54 Å². The number of carbonyl (C=O) groups excluding carboxylic acids is 4. The molecule has 0 radical (unpaired) electrons. The van der Waals surface area contributed by atoms with Crippen LogP contribution in [0.3, 0.4) is 0 Å². The van der Waals surface area contributed by atoms with Crippen molar-refractivity contribution >= 4 is 29.3 Å². The lowest BCUT2D eigenvalue weighted by atomic mass is 9.44. The van der Waals surface area contributed by atoms with Crippen LogP contribution in [0.2, 0.25) is 0 Å². The third-order valence-corrected chi connectivity index (χ3v) is 12.6. The molecule has 5 aliphatic carbocycles. The van der Waals surface area contributed by atoms with Gasteiger partial charge in [0.15, 0.2) is 17.2 Å². The second-order valence-corrected chi connectivity index (χ2v) is 15.4. The Morgan fingerprint density at radius 1 is 1.12 bits per heavy atom. The quantitative estimate of drug-likeness (QED) is 0.133. The molecule has 10 nitrogen and oxygen atoms in total. The monoisotopic (exact) mass is 683 g/mol. The third kappa shape index (κ3) is 6.69. The van der Waals surface area contributed by atoms with E-state index in [0.717, 1.165) is 32.1 Å². The Morgan fingerprint density at radius 3 is 2.65 bits per heavy atom. The molecule has 9 atom stereocenters. The van der Waals surface area contributed by atoms with Crippen LogP contribution in [-0.4, -0.2) is 69.5 Å². The number of fused-ring (bicyclic) bond motifs is 5. The zero-order chi connectivity index (χ0) is 35.6. The van der Waals surface area contributed by atoms with E-state index in [2.05, 4.69) is 15.8 Å². The minimum absolute atomic E-state index is 0.00414. The smallest absolute Gasteiger partial charge is 0.408 e. The lowest BCUT2D eigenvalue weighted by Crippen LogP contribution is -2.69. The van der Waals surface area contributed by atoms with Crippen LogP contribution >= 0.6 is 0 Å². The fourth-order valence-corrected chi connectivity index (χ4v) is 9.89. The van der Waals surface area contributed by atoms with Gasteiger partial charge in [-0.05, 0) is 101 Å². The van der Waals surface area contributed by atoms with E-state index in [1.807, 2.05) is 32.9 Å². The van der Waals surface area contributed by atoms with Crippen LogP contribution < -0.4 is 10.7 Å². The van der Waals surface area contributed by atoms with Crippen LogP contribution in [0.5, 0.6) is 0 Å². The molecule has 270 valence electrons. The number of ketones is 2. The number of aliphatic hydroxyl groups is 2. The number of ether oxygens (including phenoxy) is 1. The summed E-state index contributed by atoms with van der Waals surface area (Å²) in [7, 11) is 0. The first-order chi connectivity index (χ1) is 23.2. The number of alkyl halides is 1. The van der Waals surface area contributed by atoms with Gasteiger partial charge in [-0.25, -0.2) is 14.6 Å². The highest BCUT2D eigenvalue weighted by Gasteiger charge is 2.75. The van der Waals surface area contributed by atoms with E-state index in [1.54, 1.807) is 13.0 Å². The van der Waals surface area contributed by atoms with E-state index in [1.165, 1.54) is 12.2 Å². The van der Waals surface area contributed by atoms with Gasteiger partial charge in [-0.1, -0.05) is 44.9 Å². The predicted octanol–water partition coefficient (Wildman–Crippen LogP) is 5.57. The highest BCUT2D eigenvalue weighted by Crippen LogP contribution is 2.70. The zero-order valence-electron chi connectivity index (χ0n) is 29.4. The summed E-state index contributed by atoms with van der Waals surface area (Å²) in [6.45, 7) is 7.26. The molecule has 0 saturated heterocycles. The Hall–Kier alpha value is -3.18. The number of aliphatic hydroxyl groups excluding tert-OH is 1. The molecule has 3 fully saturated rings. The second kappa shape index (κ2) is 14.6. The number of amides is 2. The van der Waals surface area contributed by atoms with Crippen molar-refractivity contribution in [3.63, 3.8) is 0 Å². The first kappa shape index (κ1) is 37.1. The summed E-state index contributed by atoms with van der Waals surface area (Å²) < 4.78 is 22.9. The maximum Gasteiger partial charge on any atom is 0.408 e. The molecule has 3 unspecified atom stereocenters. The van der Waals surface area contributed by atoms with E-state index in [4.69, 9.17) is 4.74 Å². The second-order valence-electron chi connectivity index (χ2n) is 15.4. The molecule has 0 bridgehead atoms. The number of alkyl carbamates (subject to hydrolysis) is 1. The average molecular weight is 684 g/mol. The number of hydrogen-bond acceptors (Lipinski definition) is 8. The lowest BCUT2D eigenvalue weighted by Gasteiger charge is -2.62. The SMILES string of the molecule is CC/C(=N/NC(=O)CCCC(=O)CNC(=O)OC1/C=C/CCCCC1)[C@@]1(O)[C@H](C)CC2C3CCC4=CC(=O)C=C[C@]4(C)[C@@]3(F)[C@@H](O)C[C@@]21C. The van der Waals surface area contributed by atoms with E-state index in [-0.39, 0.29) is 61.7 Å². The van der Waals surface area contributed by atoms with Crippen LogP contribution in [0.15, 0.2) is 41.1 Å². The first-order valence-corrected chi connectivity index (χ1v) is 18.2. The number of Topliss-reactive ketones (excluding diaryl/α,β-unsaturated/α-hetero) is 1. The molecule has 4 N–H and O–H groups in total. The molecule has 2 amide bonds. The lowest BCUT2D eigenvalue weighted by molar-refractivity contribution is -0.208. The number of halogens is 1. The van der Waals surface area contributed by atoms with Gasteiger partial charge in [-0.2, -0.15) is 5.10 Å². The third-order valence-electron chi connectivity index (χ3n) is 12.6. The predicted molar refractivity (Wildman–Crippen MR) is 183 cm³/mol. The zero-order valence-corrected chi connectivity index (χ0v) is 29.4. The van der Waals surface area contributed by atoms with Gasteiger partial charge >= 0.3 is 6.09 Å². The molecule has 0 aliphatic heterocycles. The minimum atomic E-state index is -2.00. The van der Waals surface area contributed by atoms with Crippen molar-refractivity contribution in [2.45, 2.75) is 135 Å². The minimum Gasteiger partial charge on any atom is -0.442 e. The van der Waals surface area contributed by atoms with Crippen LogP contribution in [0.1, 0.15) is 111 Å². The van der Waals surface area contributed by atoms with Gasteiger partial charge in [0, 0.05) is 29.6 Å². The van der Waals surface area contributed by atoms with E-state index in [0.29, 0.717) is 37.0 Å². The van der Waals surface area contributed by atoms with Gasteiger partial charge in [0.1, 0.15) is 11.7 Å². The van der Waals surface area contributed by atoms with Gasteiger partial charge in [-0.15, -0.1) is 0 Å². The van der Waals surface area contributed by atoms with Crippen molar-refractivity contribution in [3.8, 4) is 0 Å². The summed E-state index contributed by atoms with van der Waals surface area (Å²) in [4.78, 5) is 49.5. The van der Waals surface area contributed by atoms with E-state index in [9.17, 15) is 29.4 Å². The molecular formula is C38H54FN3O7. The molecule has 5 aliphatic rings. The number of hydrazone groups is 1. The van der Waals surface area contributed by atoms with Gasteiger partial charge in [0.05, 0.1) is 18.4 Å². The Kier molecular flexibility index (Phi) is 11.0. The maximum atomic E-state index is 17.5. The number of rotatable bonds is 10. The summed E-state index contributed by atoms with van der Waals surface area (Å²) >= 11 is 0. The number of hydrogen-bond donors (Lipinski definition) is 4. The van der Waals surface area contributed by atoms with Gasteiger partial charge in [0.25, 0.3) is 0 Å². The van der Waals surface area contributed by atoms with Crippen molar-refractivity contribution in [3.05, 3.63) is 36.0 Å². The fourth-order valence-electron chi connectivity index (χ4n) is 9.89.